The van der Waals surface area contributed by atoms with Gasteiger partial charge in [0.25, 0.3) is 17.7 Å². The molecule has 614 valence electrons. The number of aromatic nitrogens is 11. The molecule has 3 saturated heterocycles. The predicted octanol–water partition coefficient (Wildman–Crippen LogP) is 16.8. The molecule has 0 bridgehead atoms. The number of anilines is 3. The molecular formula is C93H121N17O6. The number of benzene rings is 2. The van der Waals surface area contributed by atoms with Crippen molar-refractivity contribution in [1.82, 2.24) is 68.3 Å². The molecule has 7 aliphatic rings. The maximum absolute atomic E-state index is 13.2. The van der Waals surface area contributed by atoms with Crippen LogP contribution >= 0.6 is 0 Å². The van der Waals surface area contributed by atoms with Crippen molar-refractivity contribution in [2.24, 2.45) is 5.92 Å². The molecule has 0 radical (unpaired) electrons. The number of carbonyl (C=O) groups is 3. The van der Waals surface area contributed by atoms with E-state index in [1.54, 1.807) is 0 Å². The van der Waals surface area contributed by atoms with Crippen LogP contribution in [0.1, 0.15) is 285 Å². The number of aliphatic hydroxyl groups excluding tert-OH is 3. The van der Waals surface area contributed by atoms with Gasteiger partial charge in [-0.2, -0.15) is 15.0 Å². The Hall–Kier alpha value is -9.71. The summed E-state index contributed by atoms with van der Waals surface area (Å²) >= 11 is 0. The lowest BCUT2D eigenvalue weighted by Gasteiger charge is -2.32. The van der Waals surface area contributed by atoms with Gasteiger partial charge in [-0.3, -0.25) is 24.4 Å². The van der Waals surface area contributed by atoms with E-state index < -0.39 is 0 Å². The number of carbonyl (C=O) groups excluding carboxylic acids is 3. The first-order valence-electron chi connectivity index (χ1n) is 43.5. The minimum atomic E-state index is -0.204. The molecule has 17 rings (SSSR count). The number of hydrogen-bond donors (Lipinski definition) is 6. The van der Waals surface area contributed by atoms with Crippen molar-refractivity contribution in [3.05, 3.63) is 183 Å². The van der Waals surface area contributed by atoms with E-state index in [1.165, 1.54) is 41.5 Å². The number of hydrogen-bond acceptors (Lipinski definition) is 17. The van der Waals surface area contributed by atoms with Gasteiger partial charge in [0, 0.05) is 169 Å². The highest BCUT2D eigenvalue weighted by Crippen LogP contribution is 2.44. The van der Waals surface area contributed by atoms with Gasteiger partial charge in [0.2, 0.25) is 17.8 Å². The van der Waals surface area contributed by atoms with Crippen LogP contribution in [0.3, 0.4) is 0 Å². The van der Waals surface area contributed by atoms with Crippen LogP contribution in [-0.4, -0.2) is 171 Å². The molecule has 0 unspecified atom stereocenters. The highest BCUT2D eigenvalue weighted by atomic mass is 16.3. The second-order valence-electron chi connectivity index (χ2n) is 34.8. The molecule has 4 saturated carbocycles. The van der Waals surface area contributed by atoms with E-state index in [9.17, 15) is 29.7 Å². The summed E-state index contributed by atoms with van der Waals surface area (Å²) in [6.45, 7) is 22.3. The van der Waals surface area contributed by atoms with Crippen molar-refractivity contribution in [3.63, 3.8) is 0 Å². The number of pyridine rings is 2. The normalized spacial score (nSPS) is 21.4. The predicted molar refractivity (Wildman–Crippen MR) is 458 cm³/mol. The molecule has 6 N–H and O–H groups in total. The van der Waals surface area contributed by atoms with E-state index >= 15 is 0 Å². The Bertz CT molecular complexity index is 4980. The van der Waals surface area contributed by atoms with Crippen molar-refractivity contribution in [2.75, 3.05) is 61.8 Å². The van der Waals surface area contributed by atoms with E-state index in [0.717, 1.165) is 264 Å². The Morgan fingerprint density at radius 3 is 1.16 bits per heavy atom. The zero-order chi connectivity index (χ0) is 80.7. The summed E-state index contributed by atoms with van der Waals surface area (Å²) in [5.41, 5.74) is 16.1. The molecule has 11 heterocycles. The molecule has 8 aromatic heterocycles. The molecule has 4 aliphatic carbocycles. The van der Waals surface area contributed by atoms with Gasteiger partial charge >= 0.3 is 0 Å². The van der Waals surface area contributed by atoms with Gasteiger partial charge in [-0.25, -0.2) is 15.0 Å². The third-order valence-electron chi connectivity index (χ3n) is 25.7. The van der Waals surface area contributed by atoms with Gasteiger partial charge in [-0.15, -0.1) is 0 Å². The summed E-state index contributed by atoms with van der Waals surface area (Å²) in [5.74, 6) is 4.32. The maximum Gasteiger partial charge on any atom is 0.253 e. The average Bonchev–Trinajstić information content (AvgIpc) is 1.63. The number of aryl methyl sites for hydroxylation is 6. The van der Waals surface area contributed by atoms with E-state index in [1.807, 2.05) is 129 Å². The molecule has 10 aromatic rings. The SMILES string of the molecule is CCC[C@H](C)Nc1ncc2c(C3CCN(C(=O)c4cc(C)cc(C)c4)CC3)cn(C3CCC(O)CC3)c2n1.Cc1cc(C(=O)N2CCC(c3cn(C4CCC(O)CC4)c4nc(NCCC5CC5)ncc34)CC2)cc(C)n1.Cc1cc(C(=O)N2CCC(c3cn(C4CCC(O)CC4)c4nc(NCc5ccccc5)ncc34)CC2)cc(C)n1. The van der Waals surface area contributed by atoms with Crippen LogP contribution in [0, 0.1) is 47.5 Å². The molecule has 2 aromatic carbocycles. The first kappa shape index (κ1) is 81.4. The standard InChI is InChI=1S/C32H38N6O2.C31H43N5O2.C30H40N6O2/c1-21-16-25(17-22(2)35-21)31(40)37-14-12-24(13-15-37)29-20-38(26-8-10-27(39)11-9-26)30-28(29)19-34-32(36-30)33-18-23-6-4-3-5-7-23;1-5-6-22(4)33-31-32-18-27-28(19-36(29(27)34-31)25-7-9-26(37)10-8-25)23-11-13-35(14-12-23)30(38)24-16-20(2)15-21(3)17-24;1-19-15-23(16-20(2)33-19)29(38)35-13-10-22(11-14-35)27-18-36(24-5-7-25(37)8-6-24)28-26(27)17-32-30(34-28)31-12-9-21-3-4-21/h3-7,16-17,19-20,24,26-27,39H,8-15,18H2,1-2H3,(H,33,34,36);15-19,22-23,25-26,37H,5-14H2,1-4H3,(H,32,33,34);15-18,21-22,24-25,37H,3-14H2,1-2H3,(H,31,32,34)/t;22-,25?,26?;/m.0./s1. The lowest BCUT2D eigenvalue weighted by molar-refractivity contribution is 0.0705. The van der Waals surface area contributed by atoms with E-state index in [-0.39, 0.29) is 36.0 Å². The number of nitrogens with zero attached hydrogens (tertiary/aromatic N) is 14. The van der Waals surface area contributed by atoms with Gasteiger partial charge in [-0.1, -0.05) is 73.7 Å². The number of likely N-dealkylation sites (tertiary alicyclic amines) is 3. The van der Waals surface area contributed by atoms with Crippen LogP contribution < -0.4 is 16.0 Å². The molecule has 23 heteroatoms. The summed E-state index contributed by atoms with van der Waals surface area (Å²) in [5, 5.41) is 44.0. The Labute approximate surface area is 683 Å². The second kappa shape index (κ2) is 36.8. The van der Waals surface area contributed by atoms with Crippen molar-refractivity contribution in [2.45, 2.75) is 270 Å². The Morgan fingerprint density at radius 2 is 0.784 bits per heavy atom. The zero-order valence-electron chi connectivity index (χ0n) is 69.5. The minimum Gasteiger partial charge on any atom is -0.393 e. The van der Waals surface area contributed by atoms with Crippen LogP contribution in [0.5, 0.6) is 0 Å². The number of aliphatic hydroxyl groups is 3. The fourth-order valence-electron chi connectivity index (χ4n) is 19.3. The smallest absolute Gasteiger partial charge is 0.253 e. The van der Waals surface area contributed by atoms with Crippen LogP contribution in [0.15, 0.2) is 110 Å². The van der Waals surface area contributed by atoms with Crippen LogP contribution in [0.4, 0.5) is 17.8 Å². The molecular weight excluding hydrogens is 1450 g/mol. The van der Waals surface area contributed by atoms with Gasteiger partial charge in [0.05, 0.1) is 18.3 Å². The zero-order valence-corrected chi connectivity index (χ0v) is 69.5. The quantitative estimate of drug-likeness (QED) is 0.0414. The van der Waals surface area contributed by atoms with Crippen LogP contribution in [-0.2, 0) is 6.54 Å². The van der Waals surface area contributed by atoms with Crippen molar-refractivity contribution in [1.29, 1.82) is 0 Å². The minimum absolute atomic E-state index is 0.0905. The number of amides is 3. The molecule has 0 spiro atoms. The number of piperidine rings is 3. The lowest BCUT2D eigenvalue weighted by atomic mass is 9.89. The Balaban J connectivity index is 0.000000137. The number of nitrogens with one attached hydrogen (secondary N) is 3. The first-order chi connectivity index (χ1) is 56.2. The van der Waals surface area contributed by atoms with E-state index in [2.05, 4.69) is 90.3 Å². The average molecular weight is 1570 g/mol. The third-order valence-corrected chi connectivity index (χ3v) is 25.7. The van der Waals surface area contributed by atoms with Crippen molar-refractivity contribution in [3.8, 4) is 0 Å². The fraction of sp³-hybridized carbons (Fsp3) is 0.538. The van der Waals surface area contributed by atoms with E-state index in [4.69, 9.17) is 29.9 Å². The summed E-state index contributed by atoms with van der Waals surface area (Å²) in [7, 11) is 0. The summed E-state index contributed by atoms with van der Waals surface area (Å²) < 4.78 is 7.07. The molecule has 116 heavy (non-hydrogen) atoms. The molecule has 3 aliphatic heterocycles. The van der Waals surface area contributed by atoms with Gasteiger partial charge < -0.3 is 59.7 Å². The molecule has 3 amide bonds. The van der Waals surface area contributed by atoms with Crippen molar-refractivity contribution < 1.29 is 29.7 Å². The van der Waals surface area contributed by atoms with Crippen molar-refractivity contribution >= 4 is 68.7 Å². The number of rotatable bonds is 20. The fourth-order valence-corrected chi connectivity index (χ4v) is 19.3. The van der Waals surface area contributed by atoms with E-state index in [0.29, 0.717) is 66.3 Å². The topological polar surface area (TPSA) is 276 Å². The van der Waals surface area contributed by atoms with Gasteiger partial charge in [0.1, 0.15) is 16.9 Å². The lowest BCUT2D eigenvalue weighted by Crippen LogP contribution is -2.38. The molecule has 7 fully saturated rings. The molecule has 23 nitrogen and oxygen atoms in total. The second-order valence-corrected chi connectivity index (χ2v) is 34.8. The number of fused-ring (bicyclic) bond motifs is 3. The Kier molecular flexibility index (Phi) is 25.9. The van der Waals surface area contributed by atoms with Crippen LogP contribution in [0.2, 0.25) is 0 Å². The largest absolute Gasteiger partial charge is 0.393 e. The highest BCUT2D eigenvalue weighted by Gasteiger charge is 2.35. The Morgan fingerprint density at radius 1 is 0.431 bits per heavy atom. The summed E-state index contributed by atoms with van der Waals surface area (Å²) in [4.78, 5) is 83.7. The van der Waals surface area contributed by atoms with Gasteiger partial charge in [0.15, 0.2) is 0 Å². The first-order valence-corrected chi connectivity index (χ1v) is 43.5. The summed E-state index contributed by atoms with van der Waals surface area (Å²) in [6.07, 6.45) is 34.7. The summed E-state index contributed by atoms with van der Waals surface area (Å²) in [6, 6.07) is 25.3. The molecule has 1 atom stereocenters. The van der Waals surface area contributed by atoms with Crippen LogP contribution in [0.25, 0.3) is 33.1 Å². The highest BCUT2D eigenvalue weighted by molar-refractivity contribution is 5.96. The van der Waals surface area contributed by atoms with Gasteiger partial charge in [-0.05, 0) is 259 Å². The monoisotopic (exact) mass is 1570 g/mol. The maximum atomic E-state index is 13.2. The third kappa shape index (κ3) is 19.6.